The summed E-state index contributed by atoms with van der Waals surface area (Å²) in [5, 5.41) is 7.38. The number of esters is 1. The smallest absolute Gasteiger partial charge is 0.341 e. The van der Waals surface area contributed by atoms with E-state index in [0.717, 1.165) is 12.8 Å². The van der Waals surface area contributed by atoms with Crippen LogP contribution in [0.2, 0.25) is 0 Å². The van der Waals surface area contributed by atoms with E-state index in [1.54, 1.807) is 23.7 Å². The molecule has 2 aromatic heterocycles. The molecule has 0 aromatic carbocycles. The van der Waals surface area contributed by atoms with Crippen LogP contribution in [0.15, 0.2) is 18.3 Å². The predicted molar refractivity (Wildman–Crippen MR) is 88.4 cm³/mol. The molecule has 2 aromatic rings. The van der Waals surface area contributed by atoms with Crippen LogP contribution in [0, 0.1) is 5.95 Å². The summed E-state index contributed by atoms with van der Waals surface area (Å²) in [6.07, 6.45) is 3.58. The summed E-state index contributed by atoms with van der Waals surface area (Å²) < 4.78 is 21.3. The number of pyridine rings is 1. The summed E-state index contributed by atoms with van der Waals surface area (Å²) in [4.78, 5) is 16.2. The second kappa shape index (κ2) is 6.59. The molecule has 2 heterocycles. The molecule has 1 aliphatic rings. The first-order valence-electron chi connectivity index (χ1n) is 8.19. The average Bonchev–Trinajstić information content (AvgIpc) is 3.22. The van der Waals surface area contributed by atoms with Gasteiger partial charge in [0.1, 0.15) is 11.4 Å². The minimum atomic E-state index is -0.631. The minimum absolute atomic E-state index is 0.0353. The van der Waals surface area contributed by atoms with Gasteiger partial charge in [-0.25, -0.2) is 9.78 Å². The summed E-state index contributed by atoms with van der Waals surface area (Å²) in [5.74, 6) is -0.639. The van der Waals surface area contributed by atoms with Crippen LogP contribution in [0.25, 0.3) is 11.3 Å². The highest BCUT2D eigenvalue weighted by Crippen LogP contribution is 2.30. The molecular weight excluding hydrogens is 311 g/mol. The number of halogens is 1. The van der Waals surface area contributed by atoms with E-state index in [0.29, 0.717) is 17.6 Å². The zero-order valence-corrected chi connectivity index (χ0v) is 14.0. The third-order valence-corrected chi connectivity index (χ3v) is 3.81. The van der Waals surface area contributed by atoms with Crippen molar-refractivity contribution in [2.45, 2.75) is 45.7 Å². The Bertz CT molecular complexity index is 753. The van der Waals surface area contributed by atoms with Crippen molar-refractivity contribution in [2.75, 3.05) is 11.9 Å². The van der Waals surface area contributed by atoms with Gasteiger partial charge in [-0.1, -0.05) is 0 Å². The Morgan fingerprint density at radius 3 is 2.79 bits per heavy atom. The van der Waals surface area contributed by atoms with Crippen LogP contribution in [0.1, 0.15) is 50.0 Å². The first-order valence-corrected chi connectivity index (χ1v) is 8.19. The van der Waals surface area contributed by atoms with E-state index in [-0.39, 0.29) is 23.8 Å². The molecule has 3 rings (SSSR count). The highest BCUT2D eigenvalue weighted by atomic mass is 19.1. The molecule has 0 spiro atoms. The van der Waals surface area contributed by atoms with E-state index in [4.69, 9.17) is 4.74 Å². The number of nitrogens with zero attached hydrogens (tertiary/aromatic N) is 3. The minimum Gasteiger partial charge on any atom is -0.462 e. The number of ether oxygens (including phenoxy) is 1. The van der Waals surface area contributed by atoms with Gasteiger partial charge >= 0.3 is 5.97 Å². The van der Waals surface area contributed by atoms with Gasteiger partial charge in [0, 0.05) is 12.1 Å². The van der Waals surface area contributed by atoms with E-state index >= 15 is 0 Å². The van der Waals surface area contributed by atoms with Gasteiger partial charge in [-0.05, 0) is 45.7 Å². The topological polar surface area (TPSA) is 69.0 Å². The molecule has 0 saturated heterocycles. The third kappa shape index (κ3) is 3.25. The predicted octanol–water partition coefficient (Wildman–Crippen LogP) is 3.42. The fraction of sp³-hybridized carbons (Fsp3) is 0.471. The van der Waals surface area contributed by atoms with Crippen molar-refractivity contribution in [3.63, 3.8) is 0 Å². The second-order valence-electron chi connectivity index (χ2n) is 6.12. The maximum absolute atomic E-state index is 14.6. The molecule has 7 heteroatoms. The number of hydrogen-bond donors (Lipinski definition) is 1. The van der Waals surface area contributed by atoms with Gasteiger partial charge in [-0.15, -0.1) is 0 Å². The van der Waals surface area contributed by atoms with Crippen molar-refractivity contribution in [3.8, 4) is 11.3 Å². The fourth-order valence-electron chi connectivity index (χ4n) is 2.51. The molecule has 1 N–H and O–H groups in total. The van der Waals surface area contributed by atoms with Crippen molar-refractivity contribution >= 4 is 11.8 Å². The number of hydrogen-bond acceptors (Lipinski definition) is 5. The van der Waals surface area contributed by atoms with Crippen molar-refractivity contribution in [1.29, 1.82) is 0 Å². The normalized spacial score (nSPS) is 14.0. The second-order valence-corrected chi connectivity index (χ2v) is 6.12. The monoisotopic (exact) mass is 332 g/mol. The highest BCUT2D eigenvalue weighted by molar-refractivity contribution is 5.96. The van der Waals surface area contributed by atoms with E-state index in [2.05, 4.69) is 15.4 Å². The van der Waals surface area contributed by atoms with Crippen LogP contribution in [0.5, 0.6) is 0 Å². The number of anilines is 1. The number of aromatic nitrogens is 3. The molecule has 0 radical (unpaired) electrons. The third-order valence-electron chi connectivity index (χ3n) is 3.81. The molecule has 0 amide bonds. The zero-order chi connectivity index (χ0) is 17.3. The Morgan fingerprint density at radius 2 is 2.21 bits per heavy atom. The maximum atomic E-state index is 14.6. The van der Waals surface area contributed by atoms with Crippen molar-refractivity contribution < 1.29 is 13.9 Å². The van der Waals surface area contributed by atoms with E-state index in [1.165, 1.54) is 6.20 Å². The molecular formula is C17H21FN4O2. The molecule has 1 saturated carbocycles. The Labute approximate surface area is 140 Å². The van der Waals surface area contributed by atoms with E-state index < -0.39 is 11.9 Å². The Hall–Kier alpha value is -2.44. The lowest BCUT2D eigenvalue weighted by atomic mass is 10.1. The number of carbonyl (C=O) groups is 1. The largest absolute Gasteiger partial charge is 0.462 e. The molecule has 1 aliphatic carbocycles. The van der Waals surface area contributed by atoms with Crippen LogP contribution in [0.4, 0.5) is 10.2 Å². The molecule has 128 valence electrons. The molecule has 0 bridgehead atoms. The average molecular weight is 332 g/mol. The number of nitrogens with one attached hydrogen (secondary N) is 1. The van der Waals surface area contributed by atoms with Gasteiger partial charge in [-0.2, -0.15) is 9.49 Å². The SMILES string of the molecule is CCOC(=O)c1cnn(C(C)C)c1-c1ccc(NC2CC2)nc1F. The van der Waals surface area contributed by atoms with Crippen molar-refractivity contribution in [1.82, 2.24) is 14.8 Å². The number of carbonyl (C=O) groups excluding carboxylic acids is 1. The first-order chi connectivity index (χ1) is 11.5. The molecule has 1 fully saturated rings. The standard InChI is InChI=1S/C17H21FN4O2/c1-4-24-17(23)13-9-19-22(10(2)3)15(13)12-7-8-14(21-16(12)18)20-11-5-6-11/h7-11H,4-6H2,1-3H3,(H,20,21). The lowest BCUT2D eigenvalue weighted by Crippen LogP contribution is -2.11. The zero-order valence-electron chi connectivity index (χ0n) is 14.0. The Morgan fingerprint density at radius 1 is 1.46 bits per heavy atom. The van der Waals surface area contributed by atoms with E-state index in [9.17, 15) is 9.18 Å². The Balaban J connectivity index is 2.03. The van der Waals surface area contributed by atoms with Gasteiger partial charge in [0.15, 0.2) is 0 Å². The van der Waals surface area contributed by atoms with Crippen LogP contribution >= 0.6 is 0 Å². The van der Waals surface area contributed by atoms with E-state index in [1.807, 2.05) is 13.8 Å². The lowest BCUT2D eigenvalue weighted by Gasteiger charge is -2.14. The number of rotatable bonds is 6. The highest BCUT2D eigenvalue weighted by Gasteiger charge is 2.25. The molecule has 0 atom stereocenters. The van der Waals surface area contributed by atoms with Gasteiger partial charge in [-0.3, -0.25) is 4.68 Å². The Kier molecular flexibility index (Phi) is 4.51. The van der Waals surface area contributed by atoms with Crippen molar-refractivity contribution in [3.05, 3.63) is 29.8 Å². The van der Waals surface area contributed by atoms with Gasteiger partial charge in [0.25, 0.3) is 0 Å². The maximum Gasteiger partial charge on any atom is 0.341 e. The van der Waals surface area contributed by atoms with Gasteiger partial charge < -0.3 is 10.1 Å². The summed E-state index contributed by atoms with van der Waals surface area (Å²) >= 11 is 0. The summed E-state index contributed by atoms with van der Waals surface area (Å²) in [7, 11) is 0. The summed E-state index contributed by atoms with van der Waals surface area (Å²) in [6, 6.07) is 3.71. The summed E-state index contributed by atoms with van der Waals surface area (Å²) in [6.45, 7) is 5.81. The quantitative estimate of drug-likeness (QED) is 0.648. The first kappa shape index (κ1) is 16.4. The lowest BCUT2D eigenvalue weighted by molar-refractivity contribution is 0.0527. The molecule has 24 heavy (non-hydrogen) atoms. The van der Waals surface area contributed by atoms with Crippen LogP contribution in [-0.2, 0) is 4.74 Å². The van der Waals surface area contributed by atoms with Crippen LogP contribution in [-0.4, -0.2) is 33.4 Å². The van der Waals surface area contributed by atoms with Gasteiger partial charge in [0.05, 0.1) is 24.1 Å². The molecule has 0 unspecified atom stereocenters. The van der Waals surface area contributed by atoms with Crippen LogP contribution in [0.3, 0.4) is 0 Å². The fourth-order valence-corrected chi connectivity index (χ4v) is 2.51. The summed E-state index contributed by atoms with van der Waals surface area (Å²) in [5.41, 5.74) is 0.881. The van der Waals surface area contributed by atoms with Crippen LogP contribution < -0.4 is 5.32 Å². The van der Waals surface area contributed by atoms with Crippen molar-refractivity contribution in [2.24, 2.45) is 0 Å². The molecule has 0 aliphatic heterocycles. The molecule has 6 nitrogen and oxygen atoms in total. The van der Waals surface area contributed by atoms with Gasteiger partial charge in [0.2, 0.25) is 5.95 Å².